The van der Waals surface area contributed by atoms with Crippen molar-refractivity contribution >= 4 is 21.9 Å². The number of alkyl halides is 3. The highest BCUT2D eigenvalue weighted by molar-refractivity contribution is 7.90. The number of aliphatic carboxylic acids is 1. The van der Waals surface area contributed by atoms with Crippen molar-refractivity contribution < 1.29 is 36.3 Å². The van der Waals surface area contributed by atoms with Crippen LogP contribution in [0.25, 0.3) is 0 Å². The van der Waals surface area contributed by atoms with E-state index >= 15 is 0 Å². The lowest BCUT2D eigenvalue weighted by Gasteiger charge is -2.40. The van der Waals surface area contributed by atoms with Gasteiger partial charge < -0.3 is 14.9 Å². The Labute approximate surface area is 215 Å². The minimum atomic E-state index is -5.08. The summed E-state index contributed by atoms with van der Waals surface area (Å²) in [5.74, 6) is -2.24. The number of likely N-dealkylation sites (N-methyl/N-ethyl adjacent to an activating group) is 1. The molecule has 0 bridgehead atoms. The molecule has 0 aromatic heterocycles. The van der Waals surface area contributed by atoms with E-state index < -0.39 is 22.2 Å². The molecule has 1 aromatic carbocycles. The molecule has 2 aliphatic carbocycles. The van der Waals surface area contributed by atoms with Crippen molar-refractivity contribution in [1.29, 1.82) is 0 Å². The summed E-state index contributed by atoms with van der Waals surface area (Å²) in [4.78, 5) is 26.2. The van der Waals surface area contributed by atoms with Crippen LogP contribution >= 0.6 is 0 Å². The van der Waals surface area contributed by atoms with Gasteiger partial charge in [0.15, 0.2) is 0 Å². The molecule has 206 valence electrons. The molecule has 37 heavy (non-hydrogen) atoms. The molecule has 0 radical (unpaired) electrons. The maximum absolute atomic E-state index is 13.0. The Morgan fingerprint density at radius 1 is 1.03 bits per heavy atom. The first kappa shape index (κ1) is 27.8. The average molecular weight is 546 g/mol. The van der Waals surface area contributed by atoms with Gasteiger partial charge in [0.1, 0.15) is 0 Å². The van der Waals surface area contributed by atoms with E-state index in [4.69, 9.17) is 9.90 Å². The molecule has 2 aliphatic heterocycles. The van der Waals surface area contributed by atoms with Crippen LogP contribution in [-0.2, 0) is 25.0 Å². The molecular formula is C25H34F3N3O5S. The lowest BCUT2D eigenvalue weighted by atomic mass is 9.73. The van der Waals surface area contributed by atoms with E-state index in [2.05, 4.69) is 36.2 Å². The van der Waals surface area contributed by atoms with E-state index in [1.807, 2.05) is 4.90 Å². The molecule has 12 heteroatoms. The van der Waals surface area contributed by atoms with Crippen molar-refractivity contribution in [2.45, 2.75) is 61.3 Å². The van der Waals surface area contributed by atoms with Gasteiger partial charge >= 0.3 is 12.1 Å². The van der Waals surface area contributed by atoms with Crippen molar-refractivity contribution in [3.8, 4) is 0 Å². The second kappa shape index (κ2) is 10.5. The monoisotopic (exact) mass is 545 g/mol. The highest BCUT2D eigenvalue weighted by Gasteiger charge is 2.49. The van der Waals surface area contributed by atoms with Crippen LogP contribution in [0.4, 0.5) is 13.2 Å². The summed E-state index contributed by atoms with van der Waals surface area (Å²) in [5, 5.41) is 7.00. The normalized spacial score (nSPS) is 24.3. The zero-order valence-electron chi connectivity index (χ0n) is 20.9. The second-order valence-electron chi connectivity index (χ2n) is 10.6. The van der Waals surface area contributed by atoms with Crippen molar-refractivity contribution in [2.75, 3.05) is 46.3 Å². The molecule has 5 rings (SSSR count). The minimum absolute atomic E-state index is 0.0270. The Balaban J connectivity index is 0.000000405. The number of halogens is 3. The number of hydrogen-bond donors (Lipinski definition) is 1. The van der Waals surface area contributed by atoms with E-state index in [0.29, 0.717) is 19.5 Å². The van der Waals surface area contributed by atoms with Crippen LogP contribution in [0.1, 0.15) is 55.6 Å². The van der Waals surface area contributed by atoms with E-state index in [1.165, 1.54) is 11.1 Å². The summed E-state index contributed by atoms with van der Waals surface area (Å²) in [7, 11) is -0.990. The fourth-order valence-corrected chi connectivity index (χ4v) is 7.67. The third-order valence-corrected chi connectivity index (χ3v) is 10.5. The van der Waals surface area contributed by atoms with Crippen molar-refractivity contribution in [3.63, 3.8) is 0 Å². The number of piperidine rings is 1. The second-order valence-corrected chi connectivity index (χ2v) is 12.8. The molecule has 8 nitrogen and oxygen atoms in total. The third kappa shape index (κ3) is 6.12. The molecule has 4 aliphatic rings. The van der Waals surface area contributed by atoms with Gasteiger partial charge in [0.2, 0.25) is 15.9 Å². The molecule has 1 aromatic rings. The zero-order valence-corrected chi connectivity index (χ0v) is 21.7. The predicted molar refractivity (Wildman–Crippen MR) is 131 cm³/mol. The molecule has 1 atom stereocenters. The number of fused-ring (bicyclic) bond motifs is 2. The van der Waals surface area contributed by atoms with E-state index in [0.717, 1.165) is 58.3 Å². The van der Waals surface area contributed by atoms with Gasteiger partial charge in [-0.05, 0) is 61.6 Å². The number of hydrogen-bond acceptors (Lipinski definition) is 5. The number of carbonyl (C=O) groups is 2. The zero-order chi connectivity index (χ0) is 27.0. The molecule has 1 amide bonds. The maximum atomic E-state index is 13.0. The van der Waals surface area contributed by atoms with Crippen LogP contribution in [0.5, 0.6) is 0 Å². The van der Waals surface area contributed by atoms with Gasteiger partial charge in [0.25, 0.3) is 0 Å². The topological polar surface area (TPSA) is 98.2 Å². The first-order valence-corrected chi connectivity index (χ1v) is 14.2. The number of benzene rings is 1. The van der Waals surface area contributed by atoms with Gasteiger partial charge in [-0.15, -0.1) is 0 Å². The van der Waals surface area contributed by atoms with Crippen molar-refractivity contribution in [1.82, 2.24) is 14.1 Å². The summed E-state index contributed by atoms with van der Waals surface area (Å²) < 4.78 is 58.8. The van der Waals surface area contributed by atoms with Crippen LogP contribution < -0.4 is 0 Å². The molecule has 1 unspecified atom stereocenters. The predicted octanol–water partition coefficient (Wildman–Crippen LogP) is 2.80. The van der Waals surface area contributed by atoms with Gasteiger partial charge in [0.05, 0.1) is 5.25 Å². The largest absolute Gasteiger partial charge is 0.490 e. The van der Waals surface area contributed by atoms with Crippen LogP contribution in [0.15, 0.2) is 24.3 Å². The van der Waals surface area contributed by atoms with Crippen molar-refractivity contribution in [2.24, 2.45) is 0 Å². The molecule has 2 heterocycles. The fraction of sp³-hybridized carbons (Fsp3) is 0.680. The van der Waals surface area contributed by atoms with Gasteiger partial charge in [-0.25, -0.2) is 17.5 Å². The SMILES string of the molecule is CN1CCN(C(=O)CC2CC3(CCN(S(=O)(=O)C4CC4)CC3)c3ccccc32)CC1.O=C(O)C(F)(F)F. The average Bonchev–Trinajstić information content (AvgIpc) is 3.67. The van der Waals surface area contributed by atoms with Gasteiger partial charge in [-0.1, -0.05) is 24.3 Å². The molecule has 1 N–H and O–H groups in total. The maximum Gasteiger partial charge on any atom is 0.490 e. The summed E-state index contributed by atoms with van der Waals surface area (Å²) in [6, 6.07) is 8.59. The molecule has 1 saturated carbocycles. The minimum Gasteiger partial charge on any atom is -0.475 e. The lowest BCUT2D eigenvalue weighted by Crippen LogP contribution is -2.47. The number of nitrogens with zero attached hydrogens (tertiary/aromatic N) is 3. The van der Waals surface area contributed by atoms with Crippen LogP contribution in [0, 0.1) is 0 Å². The van der Waals surface area contributed by atoms with Crippen LogP contribution in [-0.4, -0.2) is 97.2 Å². The fourth-order valence-electron chi connectivity index (χ4n) is 5.82. The summed E-state index contributed by atoms with van der Waals surface area (Å²) in [6.45, 7) is 4.77. The Bertz CT molecular complexity index is 1110. The number of amides is 1. The lowest BCUT2D eigenvalue weighted by molar-refractivity contribution is -0.192. The summed E-state index contributed by atoms with van der Waals surface area (Å²) >= 11 is 0. The third-order valence-electron chi connectivity index (χ3n) is 8.11. The number of rotatable bonds is 4. The quantitative estimate of drug-likeness (QED) is 0.625. The smallest absolute Gasteiger partial charge is 0.475 e. The highest BCUT2D eigenvalue weighted by atomic mass is 32.2. The van der Waals surface area contributed by atoms with Crippen molar-refractivity contribution in [3.05, 3.63) is 35.4 Å². The van der Waals surface area contributed by atoms with Gasteiger partial charge in [-0.3, -0.25) is 4.79 Å². The Kier molecular flexibility index (Phi) is 7.92. The van der Waals surface area contributed by atoms with E-state index in [9.17, 15) is 26.4 Å². The first-order chi connectivity index (χ1) is 17.3. The molecule has 3 fully saturated rings. The van der Waals surface area contributed by atoms with Gasteiger partial charge in [0, 0.05) is 45.7 Å². The van der Waals surface area contributed by atoms with E-state index in [-0.39, 0.29) is 22.5 Å². The first-order valence-electron chi connectivity index (χ1n) is 12.7. The van der Waals surface area contributed by atoms with Gasteiger partial charge in [-0.2, -0.15) is 13.2 Å². The Hall–Kier alpha value is -2.18. The Morgan fingerprint density at radius 3 is 2.14 bits per heavy atom. The molecule has 1 spiro atoms. The standard InChI is InChI=1S/C23H33N3O3S.C2HF3O2/c1-24-12-14-25(15-13-24)22(27)16-18-17-23(21-5-3-2-4-20(18)21)8-10-26(11-9-23)30(28,29)19-6-7-19;3-2(4,5)1(6)7/h2-5,18-19H,6-17H2,1H3;(H,6,7). The number of carboxylic acid groups (broad SMARTS) is 1. The summed E-state index contributed by atoms with van der Waals surface area (Å²) in [6.07, 6.45) is -0.146. The number of sulfonamides is 1. The Morgan fingerprint density at radius 2 is 1.59 bits per heavy atom. The van der Waals surface area contributed by atoms with Crippen LogP contribution in [0.3, 0.4) is 0 Å². The number of carbonyl (C=O) groups excluding carboxylic acids is 1. The molecular weight excluding hydrogens is 511 g/mol. The number of piperazine rings is 1. The highest BCUT2D eigenvalue weighted by Crippen LogP contribution is 2.53. The number of carboxylic acids is 1. The van der Waals surface area contributed by atoms with Crippen LogP contribution in [0.2, 0.25) is 0 Å². The summed E-state index contributed by atoms with van der Waals surface area (Å²) in [5.41, 5.74) is 2.71. The molecule has 2 saturated heterocycles. The van der Waals surface area contributed by atoms with E-state index in [1.54, 1.807) is 4.31 Å².